The predicted molar refractivity (Wildman–Crippen MR) is 110 cm³/mol. The number of rotatable bonds is 5. The molecule has 0 saturated carbocycles. The zero-order valence-electron chi connectivity index (χ0n) is 14.8. The third-order valence-corrected chi connectivity index (χ3v) is 6.07. The van der Waals surface area contributed by atoms with Crippen molar-refractivity contribution in [3.63, 3.8) is 0 Å². The molecule has 0 aliphatic heterocycles. The van der Waals surface area contributed by atoms with Gasteiger partial charge < -0.3 is 10.1 Å². The fourth-order valence-corrected chi connectivity index (χ4v) is 4.76. The first-order valence-electron chi connectivity index (χ1n) is 9.16. The second kappa shape index (κ2) is 7.00. The van der Waals surface area contributed by atoms with Gasteiger partial charge in [-0.15, -0.1) is 11.3 Å². The first kappa shape index (κ1) is 16.3. The Labute approximate surface area is 161 Å². The van der Waals surface area contributed by atoms with Crippen LogP contribution in [-0.2, 0) is 19.4 Å². The summed E-state index contributed by atoms with van der Waals surface area (Å²) in [6.07, 6.45) is 5.18. The minimum atomic E-state index is 0.571. The van der Waals surface area contributed by atoms with Crippen LogP contribution in [0.4, 0.5) is 11.5 Å². The molecular formula is C22H19N3OS. The number of aryl methyl sites for hydroxylation is 2. The maximum absolute atomic E-state index is 5.86. The molecule has 0 saturated heterocycles. The summed E-state index contributed by atoms with van der Waals surface area (Å²) in [5.41, 5.74) is 3.59. The molecule has 5 rings (SSSR count). The van der Waals surface area contributed by atoms with Crippen molar-refractivity contribution in [3.8, 4) is 5.75 Å². The normalized spacial score (nSPS) is 12.9. The number of nitrogens with zero attached hydrogens (tertiary/aromatic N) is 2. The summed E-state index contributed by atoms with van der Waals surface area (Å²) in [4.78, 5) is 11.5. The summed E-state index contributed by atoms with van der Waals surface area (Å²) < 4.78 is 5.86. The molecule has 2 heterocycles. The van der Waals surface area contributed by atoms with Gasteiger partial charge in [0.25, 0.3) is 0 Å². The first-order chi connectivity index (χ1) is 13.4. The van der Waals surface area contributed by atoms with E-state index in [-0.39, 0.29) is 0 Å². The molecule has 2 aromatic carbocycles. The molecule has 4 nitrogen and oxygen atoms in total. The van der Waals surface area contributed by atoms with E-state index in [0.717, 1.165) is 34.1 Å². The summed E-state index contributed by atoms with van der Waals surface area (Å²) in [6, 6.07) is 18.2. The van der Waals surface area contributed by atoms with Gasteiger partial charge in [0.1, 0.15) is 29.3 Å². The second-order valence-corrected chi connectivity index (χ2v) is 7.77. The quantitative estimate of drug-likeness (QED) is 0.502. The fourth-order valence-electron chi connectivity index (χ4n) is 3.54. The van der Waals surface area contributed by atoms with Crippen LogP contribution in [0.3, 0.4) is 0 Å². The molecule has 1 N–H and O–H groups in total. The average Bonchev–Trinajstić information content (AvgIpc) is 3.30. The average molecular weight is 373 g/mol. The van der Waals surface area contributed by atoms with Crippen LogP contribution >= 0.6 is 11.3 Å². The monoisotopic (exact) mass is 373 g/mol. The van der Waals surface area contributed by atoms with E-state index < -0.39 is 0 Å². The summed E-state index contributed by atoms with van der Waals surface area (Å²) in [7, 11) is 0. The van der Waals surface area contributed by atoms with E-state index in [2.05, 4.69) is 27.4 Å². The van der Waals surface area contributed by atoms with Crippen LogP contribution in [0.25, 0.3) is 10.2 Å². The highest BCUT2D eigenvalue weighted by atomic mass is 32.1. The number of anilines is 2. The molecule has 0 bridgehead atoms. The molecule has 0 radical (unpaired) electrons. The number of benzene rings is 2. The van der Waals surface area contributed by atoms with Gasteiger partial charge in [-0.1, -0.05) is 30.3 Å². The zero-order chi connectivity index (χ0) is 18.1. The van der Waals surface area contributed by atoms with Crippen molar-refractivity contribution >= 4 is 33.1 Å². The number of fused-ring (bicyclic) bond motifs is 3. The van der Waals surface area contributed by atoms with Gasteiger partial charge in [0.2, 0.25) is 0 Å². The van der Waals surface area contributed by atoms with Crippen molar-refractivity contribution in [2.75, 3.05) is 5.32 Å². The van der Waals surface area contributed by atoms with Gasteiger partial charge in [0.05, 0.1) is 5.39 Å². The summed E-state index contributed by atoms with van der Waals surface area (Å²) in [5, 5.41) is 4.66. The standard InChI is InChI=1S/C22H19N3OS/c1-2-5-15(6-3-1)13-26-17-11-9-16(10-12-17)25-21-20-18-7-4-8-19(18)27-22(20)24-14-23-21/h1-3,5-6,9-12,14H,4,7-8,13H2,(H,23,24,25). The molecule has 4 aromatic rings. The van der Waals surface area contributed by atoms with Crippen molar-refractivity contribution in [3.05, 3.63) is 76.9 Å². The van der Waals surface area contributed by atoms with Gasteiger partial charge >= 0.3 is 0 Å². The van der Waals surface area contributed by atoms with Gasteiger partial charge in [0.15, 0.2) is 0 Å². The molecule has 1 aliphatic carbocycles. The van der Waals surface area contributed by atoms with Crippen LogP contribution < -0.4 is 10.1 Å². The molecule has 0 unspecified atom stereocenters. The molecule has 0 amide bonds. The summed E-state index contributed by atoms with van der Waals surface area (Å²) in [6.45, 7) is 0.571. The lowest BCUT2D eigenvalue weighted by molar-refractivity contribution is 0.306. The third kappa shape index (κ3) is 3.26. The lowest BCUT2D eigenvalue weighted by Crippen LogP contribution is -1.97. The summed E-state index contributed by atoms with van der Waals surface area (Å²) >= 11 is 1.81. The van der Waals surface area contributed by atoms with Crippen LogP contribution in [-0.4, -0.2) is 9.97 Å². The lowest BCUT2D eigenvalue weighted by atomic mass is 10.2. The SMILES string of the molecule is c1ccc(COc2ccc(Nc3ncnc4sc5c(c34)CCC5)cc2)cc1. The third-order valence-electron chi connectivity index (χ3n) is 4.87. The maximum atomic E-state index is 5.86. The maximum Gasteiger partial charge on any atom is 0.142 e. The predicted octanol–water partition coefficient (Wildman–Crippen LogP) is 5.50. The van der Waals surface area contributed by atoms with E-state index in [9.17, 15) is 0 Å². The number of aromatic nitrogens is 2. The molecule has 1 aliphatic rings. The molecule has 2 aromatic heterocycles. The number of thiophene rings is 1. The lowest BCUT2D eigenvalue weighted by Gasteiger charge is -2.10. The van der Waals surface area contributed by atoms with E-state index in [1.165, 1.54) is 28.7 Å². The molecule has 5 heteroatoms. The molecule has 0 spiro atoms. The van der Waals surface area contributed by atoms with E-state index in [0.29, 0.717) is 6.61 Å². The largest absolute Gasteiger partial charge is 0.489 e. The van der Waals surface area contributed by atoms with Crippen molar-refractivity contribution in [2.24, 2.45) is 0 Å². The molecule has 0 fully saturated rings. The number of hydrogen-bond donors (Lipinski definition) is 1. The van der Waals surface area contributed by atoms with Crippen LogP contribution in [0, 0.1) is 0 Å². The van der Waals surface area contributed by atoms with E-state index in [4.69, 9.17) is 4.74 Å². The van der Waals surface area contributed by atoms with Gasteiger partial charge in [-0.2, -0.15) is 0 Å². The topological polar surface area (TPSA) is 47.0 Å². The first-order valence-corrected chi connectivity index (χ1v) is 9.97. The van der Waals surface area contributed by atoms with E-state index >= 15 is 0 Å². The molecule has 134 valence electrons. The van der Waals surface area contributed by atoms with E-state index in [1.54, 1.807) is 17.7 Å². The van der Waals surface area contributed by atoms with Gasteiger partial charge in [0, 0.05) is 10.6 Å². The molecule has 0 atom stereocenters. The van der Waals surface area contributed by atoms with Crippen molar-refractivity contribution in [1.82, 2.24) is 9.97 Å². The zero-order valence-corrected chi connectivity index (χ0v) is 15.6. The second-order valence-electron chi connectivity index (χ2n) is 6.68. The van der Waals surface area contributed by atoms with Crippen LogP contribution in [0.15, 0.2) is 60.9 Å². The highest BCUT2D eigenvalue weighted by Crippen LogP contribution is 2.39. The van der Waals surface area contributed by atoms with Gasteiger partial charge in [-0.3, -0.25) is 0 Å². The van der Waals surface area contributed by atoms with Crippen molar-refractivity contribution < 1.29 is 4.74 Å². The Morgan fingerprint density at radius 3 is 2.67 bits per heavy atom. The summed E-state index contributed by atoms with van der Waals surface area (Å²) in [5.74, 6) is 1.76. The van der Waals surface area contributed by atoms with Crippen LogP contribution in [0.5, 0.6) is 5.75 Å². The minimum absolute atomic E-state index is 0.571. The highest BCUT2D eigenvalue weighted by Gasteiger charge is 2.21. The van der Waals surface area contributed by atoms with Crippen LogP contribution in [0.2, 0.25) is 0 Å². The number of nitrogens with one attached hydrogen (secondary N) is 1. The Bertz CT molecular complexity index is 1070. The number of hydrogen-bond acceptors (Lipinski definition) is 5. The fraction of sp³-hybridized carbons (Fsp3) is 0.182. The van der Waals surface area contributed by atoms with E-state index in [1.807, 2.05) is 42.5 Å². The Balaban J connectivity index is 1.34. The Morgan fingerprint density at radius 1 is 0.963 bits per heavy atom. The minimum Gasteiger partial charge on any atom is -0.489 e. The van der Waals surface area contributed by atoms with Gasteiger partial charge in [-0.25, -0.2) is 9.97 Å². The van der Waals surface area contributed by atoms with Crippen molar-refractivity contribution in [1.29, 1.82) is 0 Å². The van der Waals surface area contributed by atoms with Gasteiger partial charge in [-0.05, 0) is 54.7 Å². The Kier molecular flexibility index (Phi) is 4.22. The van der Waals surface area contributed by atoms with Crippen LogP contribution in [0.1, 0.15) is 22.4 Å². The smallest absolute Gasteiger partial charge is 0.142 e. The number of ether oxygens (including phenoxy) is 1. The Hall–Kier alpha value is -2.92. The molecular weight excluding hydrogens is 354 g/mol. The Morgan fingerprint density at radius 2 is 1.81 bits per heavy atom. The molecule has 27 heavy (non-hydrogen) atoms. The van der Waals surface area contributed by atoms with Crippen molar-refractivity contribution in [2.45, 2.75) is 25.9 Å². The highest BCUT2D eigenvalue weighted by molar-refractivity contribution is 7.19.